The molecule has 0 aliphatic carbocycles. The molecular weight excluding hydrogens is 288 g/mol. The van der Waals surface area contributed by atoms with Gasteiger partial charge in [-0.2, -0.15) is 8.75 Å². The third kappa shape index (κ3) is 2.78. The van der Waals surface area contributed by atoms with Crippen LogP contribution in [0.2, 0.25) is 0 Å². The molecule has 0 aliphatic rings. The molecule has 21 heavy (non-hydrogen) atoms. The van der Waals surface area contributed by atoms with E-state index in [0.717, 1.165) is 28.7 Å². The first kappa shape index (κ1) is 13.7. The zero-order valence-electron chi connectivity index (χ0n) is 11.7. The van der Waals surface area contributed by atoms with Gasteiger partial charge in [0.1, 0.15) is 11.0 Å². The lowest BCUT2D eigenvalue weighted by Gasteiger charge is -2.15. The van der Waals surface area contributed by atoms with Crippen LogP contribution in [0, 0.1) is 0 Å². The molecular formula is C14H14N4O2S. The van der Waals surface area contributed by atoms with Gasteiger partial charge in [-0.15, -0.1) is 0 Å². The van der Waals surface area contributed by atoms with Crippen molar-refractivity contribution in [2.24, 2.45) is 0 Å². The Labute approximate surface area is 125 Å². The number of fused-ring (bicyclic) bond motifs is 1. The number of benzene rings is 1. The Balaban J connectivity index is 1.75. The Morgan fingerprint density at radius 3 is 2.86 bits per heavy atom. The molecule has 0 atom stereocenters. The van der Waals surface area contributed by atoms with Gasteiger partial charge in [-0.1, -0.05) is 18.1 Å². The molecule has 0 unspecified atom stereocenters. The Morgan fingerprint density at radius 1 is 1.29 bits per heavy atom. The highest BCUT2D eigenvalue weighted by Crippen LogP contribution is 2.16. The maximum atomic E-state index is 12.3. The predicted molar refractivity (Wildman–Crippen MR) is 79.1 cm³/mol. The number of aryl methyl sites for hydroxylation is 1. The van der Waals surface area contributed by atoms with Crippen LogP contribution in [0.15, 0.2) is 28.8 Å². The van der Waals surface area contributed by atoms with Crippen LogP contribution in [0.4, 0.5) is 0 Å². The molecule has 0 aliphatic heterocycles. The lowest BCUT2D eigenvalue weighted by atomic mass is 10.2. The van der Waals surface area contributed by atoms with E-state index >= 15 is 0 Å². The second-order valence-electron chi connectivity index (χ2n) is 4.78. The number of rotatable bonds is 4. The molecule has 3 aromatic rings. The molecule has 0 saturated carbocycles. The minimum absolute atomic E-state index is 0.182. The molecule has 6 nitrogen and oxygen atoms in total. The van der Waals surface area contributed by atoms with Crippen LogP contribution < -0.4 is 0 Å². The maximum absolute atomic E-state index is 12.3. The van der Waals surface area contributed by atoms with Crippen molar-refractivity contribution < 1.29 is 9.32 Å². The molecule has 0 spiro atoms. The van der Waals surface area contributed by atoms with Gasteiger partial charge in [-0.3, -0.25) is 4.79 Å². The quantitative estimate of drug-likeness (QED) is 0.740. The van der Waals surface area contributed by atoms with Crippen LogP contribution in [-0.4, -0.2) is 31.8 Å². The molecule has 0 radical (unpaired) electrons. The Morgan fingerprint density at radius 2 is 2.10 bits per heavy atom. The first-order valence-electron chi connectivity index (χ1n) is 6.59. The van der Waals surface area contributed by atoms with Gasteiger partial charge in [0.15, 0.2) is 0 Å². The highest BCUT2D eigenvalue weighted by atomic mass is 32.1. The lowest BCUT2D eigenvalue weighted by Crippen LogP contribution is -2.25. The third-order valence-corrected chi connectivity index (χ3v) is 3.77. The molecule has 2 aromatic heterocycles. The fourth-order valence-electron chi connectivity index (χ4n) is 2.04. The summed E-state index contributed by atoms with van der Waals surface area (Å²) in [7, 11) is 1.74. The lowest BCUT2D eigenvalue weighted by molar-refractivity contribution is 0.0743. The minimum atomic E-state index is -0.182. The Kier molecular flexibility index (Phi) is 3.66. The van der Waals surface area contributed by atoms with E-state index in [1.165, 1.54) is 11.7 Å². The molecule has 1 aromatic carbocycles. The summed E-state index contributed by atoms with van der Waals surface area (Å²) in [5.41, 5.74) is 3.51. The van der Waals surface area contributed by atoms with Crippen LogP contribution in [-0.2, 0) is 13.0 Å². The molecule has 2 heterocycles. The Hall–Kier alpha value is -2.28. The van der Waals surface area contributed by atoms with Gasteiger partial charge in [0, 0.05) is 19.7 Å². The highest BCUT2D eigenvalue weighted by Gasteiger charge is 2.17. The molecule has 108 valence electrons. The van der Waals surface area contributed by atoms with Crippen molar-refractivity contribution in [3.05, 3.63) is 41.3 Å². The average Bonchev–Trinajstić information content (AvgIpc) is 3.14. The first-order valence-corrected chi connectivity index (χ1v) is 7.32. The highest BCUT2D eigenvalue weighted by molar-refractivity contribution is 7.00. The monoisotopic (exact) mass is 302 g/mol. The van der Waals surface area contributed by atoms with E-state index in [0.29, 0.717) is 6.54 Å². The van der Waals surface area contributed by atoms with Crippen molar-refractivity contribution in [3.8, 4) is 0 Å². The average molecular weight is 302 g/mol. The van der Waals surface area contributed by atoms with E-state index in [2.05, 4.69) is 13.9 Å². The van der Waals surface area contributed by atoms with Crippen LogP contribution in [0.1, 0.15) is 28.7 Å². The summed E-state index contributed by atoms with van der Waals surface area (Å²) in [6.07, 6.45) is 0.744. The van der Waals surface area contributed by atoms with Gasteiger partial charge >= 0.3 is 0 Å². The van der Waals surface area contributed by atoms with E-state index in [-0.39, 0.29) is 11.7 Å². The van der Waals surface area contributed by atoms with Crippen LogP contribution in [0.25, 0.3) is 11.0 Å². The second-order valence-corrected chi connectivity index (χ2v) is 5.31. The topological polar surface area (TPSA) is 72.1 Å². The van der Waals surface area contributed by atoms with Crippen molar-refractivity contribution in [2.75, 3.05) is 7.05 Å². The summed E-state index contributed by atoms with van der Waals surface area (Å²) >= 11 is 1.19. The second kappa shape index (κ2) is 5.61. The molecule has 0 bridgehead atoms. The van der Waals surface area contributed by atoms with Crippen molar-refractivity contribution in [1.82, 2.24) is 18.8 Å². The fraction of sp³-hybridized carbons (Fsp3) is 0.286. The molecule has 1 amide bonds. The minimum Gasteiger partial charge on any atom is -0.351 e. The van der Waals surface area contributed by atoms with Crippen molar-refractivity contribution in [2.45, 2.75) is 19.9 Å². The number of carbonyl (C=O) groups excluding carboxylic acids is 1. The van der Waals surface area contributed by atoms with Gasteiger partial charge in [0.05, 0.1) is 17.4 Å². The van der Waals surface area contributed by atoms with Crippen molar-refractivity contribution >= 4 is 28.7 Å². The van der Waals surface area contributed by atoms with E-state index in [4.69, 9.17) is 4.52 Å². The van der Waals surface area contributed by atoms with Crippen LogP contribution in [0.3, 0.4) is 0 Å². The summed E-state index contributed by atoms with van der Waals surface area (Å²) in [5, 5.41) is 3.84. The number of hydrogen-bond acceptors (Lipinski definition) is 6. The zero-order valence-corrected chi connectivity index (χ0v) is 12.6. The maximum Gasteiger partial charge on any atom is 0.292 e. The first-order chi connectivity index (χ1) is 10.2. The number of aromatic nitrogens is 3. The molecule has 3 rings (SSSR count). The number of amides is 1. The zero-order chi connectivity index (χ0) is 14.8. The molecule has 0 saturated heterocycles. The predicted octanol–water partition coefficient (Wildman–Crippen LogP) is 2.51. The van der Waals surface area contributed by atoms with Gasteiger partial charge in [0.25, 0.3) is 5.91 Å². The standard InChI is InChI=1S/C14H14N4O2S/c1-3-10-7-13(20-15-10)14(19)18(2)8-9-4-5-11-12(6-9)17-21-16-11/h4-7H,3,8H2,1-2H3. The van der Waals surface area contributed by atoms with Crippen LogP contribution >= 0.6 is 11.7 Å². The van der Waals surface area contributed by atoms with Crippen LogP contribution in [0.5, 0.6) is 0 Å². The summed E-state index contributed by atoms with van der Waals surface area (Å²) in [4.78, 5) is 13.9. The largest absolute Gasteiger partial charge is 0.351 e. The summed E-state index contributed by atoms with van der Waals surface area (Å²) in [6, 6.07) is 7.49. The molecule has 0 fully saturated rings. The third-order valence-electron chi connectivity index (χ3n) is 3.22. The fourth-order valence-corrected chi connectivity index (χ4v) is 2.56. The van der Waals surface area contributed by atoms with Gasteiger partial charge in [-0.05, 0) is 24.1 Å². The van der Waals surface area contributed by atoms with Gasteiger partial charge in [-0.25, -0.2) is 0 Å². The number of carbonyl (C=O) groups is 1. The van der Waals surface area contributed by atoms with E-state index in [9.17, 15) is 4.79 Å². The summed E-state index contributed by atoms with van der Waals surface area (Å²) in [6.45, 7) is 2.45. The van der Waals surface area contributed by atoms with E-state index < -0.39 is 0 Å². The summed E-state index contributed by atoms with van der Waals surface area (Å²) in [5.74, 6) is 0.0875. The van der Waals surface area contributed by atoms with E-state index in [1.807, 2.05) is 25.1 Å². The van der Waals surface area contributed by atoms with E-state index in [1.54, 1.807) is 18.0 Å². The van der Waals surface area contributed by atoms with Crippen molar-refractivity contribution in [1.29, 1.82) is 0 Å². The normalized spacial score (nSPS) is 11.0. The van der Waals surface area contributed by atoms with Gasteiger partial charge in [0.2, 0.25) is 5.76 Å². The summed E-state index contributed by atoms with van der Waals surface area (Å²) < 4.78 is 13.4. The molecule has 0 N–H and O–H groups in total. The number of hydrogen-bond donors (Lipinski definition) is 0. The van der Waals surface area contributed by atoms with Gasteiger partial charge < -0.3 is 9.42 Å². The smallest absolute Gasteiger partial charge is 0.292 e. The van der Waals surface area contributed by atoms with Crippen molar-refractivity contribution in [3.63, 3.8) is 0 Å². The number of nitrogens with zero attached hydrogens (tertiary/aromatic N) is 4. The Bertz CT molecular complexity index is 780. The molecule has 7 heteroatoms. The SMILES string of the molecule is CCc1cc(C(=O)N(C)Cc2ccc3nsnc3c2)on1.